The van der Waals surface area contributed by atoms with Crippen LogP contribution in [-0.2, 0) is 6.42 Å². The third kappa shape index (κ3) is 3.27. The summed E-state index contributed by atoms with van der Waals surface area (Å²) in [5.41, 5.74) is 2.20. The number of nitrogens with zero attached hydrogens (tertiary/aromatic N) is 1. The van der Waals surface area contributed by atoms with Crippen LogP contribution in [0.3, 0.4) is 0 Å². The lowest BCUT2D eigenvalue weighted by Gasteiger charge is -2.06. The van der Waals surface area contributed by atoms with Gasteiger partial charge in [-0.3, -0.25) is 4.79 Å². The summed E-state index contributed by atoms with van der Waals surface area (Å²) in [5, 5.41) is 2.03. The van der Waals surface area contributed by atoms with Crippen molar-refractivity contribution in [1.82, 2.24) is 9.97 Å². The Kier molecular flexibility index (Phi) is 4.99. The zero-order valence-corrected chi connectivity index (χ0v) is 17.2. The Morgan fingerprint density at radius 2 is 1.81 bits per heavy atom. The second-order valence-corrected chi connectivity index (χ2v) is 8.26. The third-order valence-corrected chi connectivity index (χ3v) is 6.59. The molecule has 3 nitrogen and oxygen atoms in total. The molecule has 2 aromatic carbocycles. The number of benzene rings is 2. The van der Waals surface area contributed by atoms with Crippen LogP contribution in [0.5, 0.6) is 0 Å². The molecule has 27 heavy (non-hydrogen) atoms. The molecule has 0 fully saturated rings. The number of halogens is 3. The molecule has 2 aromatic heterocycles. The first-order valence-corrected chi connectivity index (χ1v) is 10.2. The fourth-order valence-corrected chi connectivity index (χ4v) is 4.70. The van der Waals surface area contributed by atoms with Crippen molar-refractivity contribution in [3.63, 3.8) is 0 Å². The predicted molar refractivity (Wildman–Crippen MR) is 116 cm³/mol. The number of aryl methyl sites for hydroxylation is 1. The summed E-state index contributed by atoms with van der Waals surface area (Å²) >= 11 is 20.0. The molecule has 0 bridgehead atoms. The molecule has 0 saturated heterocycles. The maximum atomic E-state index is 13.0. The predicted octanol–water partition coefficient (Wildman–Crippen LogP) is 6.84. The highest BCUT2D eigenvalue weighted by Gasteiger charge is 2.19. The van der Waals surface area contributed by atoms with Crippen molar-refractivity contribution < 1.29 is 0 Å². The van der Waals surface area contributed by atoms with E-state index in [4.69, 9.17) is 34.8 Å². The van der Waals surface area contributed by atoms with Gasteiger partial charge in [0.2, 0.25) is 0 Å². The monoisotopic (exact) mass is 434 g/mol. The van der Waals surface area contributed by atoms with Crippen molar-refractivity contribution in [3.8, 4) is 22.5 Å². The number of rotatable bonds is 3. The third-order valence-electron chi connectivity index (χ3n) is 4.29. The number of thiophene rings is 1. The number of hydrogen-bond donors (Lipinski definition) is 1. The van der Waals surface area contributed by atoms with E-state index in [1.54, 1.807) is 18.2 Å². The van der Waals surface area contributed by atoms with E-state index < -0.39 is 0 Å². The minimum atomic E-state index is -0.202. The van der Waals surface area contributed by atoms with Gasteiger partial charge in [0.05, 0.1) is 20.5 Å². The maximum Gasteiger partial charge on any atom is 0.260 e. The summed E-state index contributed by atoms with van der Waals surface area (Å²) < 4.78 is 0. The average molecular weight is 436 g/mol. The topological polar surface area (TPSA) is 45.8 Å². The Bertz CT molecular complexity index is 1230. The van der Waals surface area contributed by atoms with E-state index in [1.165, 1.54) is 11.3 Å². The summed E-state index contributed by atoms with van der Waals surface area (Å²) in [6.45, 7) is 2.05. The highest BCUT2D eigenvalue weighted by molar-refractivity contribution is 7.19. The lowest BCUT2D eigenvalue weighted by atomic mass is 10.0. The van der Waals surface area contributed by atoms with Gasteiger partial charge in [-0.1, -0.05) is 59.9 Å². The number of H-pyrrole nitrogens is 1. The second-order valence-electron chi connectivity index (χ2n) is 5.96. The van der Waals surface area contributed by atoms with Crippen LogP contribution in [0.4, 0.5) is 0 Å². The van der Waals surface area contributed by atoms with Crippen LogP contribution < -0.4 is 5.56 Å². The van der Waals surface area contributed by atoms with Gasteiger partial charge in [-0.15, -0.1) is 11.3 Å². The molecule has 0 aliphatic heterocycles. The largest absolute Gasteiger partial charge is 0.306 e. The Balaban J connectivity index is 2.00. The fraction of sp³-hybridized carbons (Fsp3) is 0.100. The van der Waals surface area contributed by atoms with Crippen LogP contribution in [0.15, 0.2) is 47.3 Å². The van der Waals surface area contributed by atoms with Crippen molar-refractivity contribution in [2.45, 2.75) is 13.3 Å². The van der Waals surface area contributed by atoms with Crippen LogP contribution in [0, 0.1) is 0 Å². The molecule has 4 aromatic rings. The lowest BCUT2D eigenvalue weighted by Crippen LogP contribution is -2.09. The van der Waals surface area contributed by atoms with Crippen molar-refractivity contribution in [2.75, 3.05) is 0 Å². The summed E-state index contributed by atoms with van der Waals surface area (Å²) in [6.07, 6.45) is 0.775. The van der Waals surface area contributed by atoms with E-state index in [2.05, 4.69) is 16.9 Å². The molecule has 0 radical (unpaired) electrons. The Hall–Kier alpha value is -1.85. The normalized spacial score (nSPS) is 11.3. The van der Waals surface area contributed by atoms with E-state index in [-0.39, 0.29) is 5.56 Å². The van der Waals surface area contributed by atoms with Gasteiger partial charge in [0.15, 0.2) is 0 Å². The van der Waals surface area contributed by atoms with Gasteiger partial charge in [0, 0.05) is 16.0 Å². The van der Waals surface area contributed by atoms with Gasteiger partial charge in [0.25, 0.3) is 5.56 Å². The van der Waals surface area contributed by atoms with E-state index in [9.17, 15) is 4.79 Å². The molecule has 136 valence electrons. The van der Waals surface area contributed by atoms with Gasteiger partial charge < -0.3 is 4.98 Å². The number of fused-ring (bicyclic) bond motifs is 1. The molecular weight excluding hydrogens is 423 g/mol. The smallest absolute Gasteiger partial charge is 0.260 e. The number of hydrogen-bond acceptors (Lipinski definition) is 3. The van der Waals surface area contributed by atoms with Crippen LogP contribution in [0.2, 0.25) is 15.1 Å². The van der Waals surface area contributed by atoms with Crippen LogP contribution in [0.1, 0.15) is 11.8 Å². The van der Waals surface area contributed by atoms with Crippen LogP contribution in [-0.4, -0.2) is 9.97 Å². The Morgan fingerprint density at radius 3 is 2.52 bits per heavy atom. The second kappa shape index (κ2) is 7.28. The standard InChI is InChI=1S/C20H13Cl3N2OS/c1-2-15-16(10-7-8-13(22)14(23)9-10)17-19(26)24-18(25-20(17)27-15)11-5-3-4-6-12(11)21/h3-9H,2H2,1H3,(H,24,25,26). The average Bonchev–Trinajstić information content (AvgIpc) is 3.03. The van der Waals surface area contributed by atoms with E-state index in [0.29, 0.717) is 36.7 Å². The number of aromatic amines is 1. The quantitative estimate of drug-likeness (QED) is 0.383. The van der Waals surface area contributed by atoms with Crippen molar-refractivity contribution in [2.24, 2.45) is 0 Å². The fourth-order valence-electron chi connectivity index (χ4n) is 3.04. The molecule has 0 unspecified atom stereocenters. The molecule has 0 amide bonds. The van der Waals surface area contributed by atoms with Gasteiger partial charge in [-0.25, -0.2) is 4.98 Å². The molecule has 4 rings (SSSR count). The van der Waals surface area contributed by atoms with Crippen LogP contribution >= 0.6 is 46.1 Å². The number of aromatic nitrogens is 2. The summed E-state index contributed by atoms with van der Waals surface area (Å²) in [5.74, 6) is 0.461. The molecule has 0 saturated carbocycles. The van der Waals surface area contributed by atoms with Gasteiger partial charge in [0.1, 0.15) is 10.7 Å². The minimum Gasteiger partial charge on any atom is -0.306 e. The zero-order chi connectivity index (χ0) is 19.1. The molecule has 2 heterocycles. The molecule has 1 N–H and O–H groups in total. The van der Waals surface area contributed by atoms with E-state index in [0.717, 1.165) is 22.4 Å². The lowest BCUT2D eigenvalue weighted by molar-refractivity contribution is 1.18. The first kappa shape index (κ1) is 18.5. The summed E-state index contributed by atoms with van der Waals surface area (Å²) in [6, 6.07) is 12.7. The SMILES string of the molecule is CCc1sc2nc(-c3ccccc3Cl)[nH]c(=O)c2c1-c1ccc(Cl)c(Cl)c1. The number of nitrogens with one attached hydrogen (secondary N) is 1. The van der Waals surface area contributed by atoms with E-state index >= 15 is 0 Å². The highest BCUT2D eigenvalue weighted by atomic mass is 35.5. The molecule has 0 spiro atoms. The van der Waals surface area contributed by atoms with Gasteiger partial charge >= 0.3 is 0 Å². The first-order valence-electron chi connectivity index (χ1n) is 8.25. The summed E-state index contributed by atoms with van der Waals surface area (Å²) in [7, 11) is 0. The maximum absolute atomic E-state index is 13.0. The van der Waals surface area contributed by atoms with Crippen molar-refractivity contribution in [3.05, 3.63) is 72.8 Å². The molecular formula is C20H13Cl3N2OS. The van der Waals surface area contributed by atoms with Gasteiger partial charge in [-0.05, 0) is 36.2 Å². The first-order chi connectivity index (χ1) is 13.0. The highest BCUT2D eigenvalue weighted by Crippen LogP contribution is 2.39. The zero-order valence-electron chi connectivity index (χ0n) is 14.1. The van der Waals surface area contributed by atoms with Crippen molar-refractivity contribution in [1.29, 1.82) is 0 Å². The molecule has 0 aliphatic carbocycles. The minimum absolute atomic E-state index is 0.202. The Morgan fingerprint density at radius 1 is 1.04 bits per heavy atom. The van der Waals surface area contributed by atoms with Crippen molar-refractivity contribution >= 4 is 56.4 Å². The van der Waals surface area contributed by atoms with Gasteiger partial charge in [-0.2, -0.15) is 0 Å². The molecule has 0 aliphatic rings. The molecule has 0 atom stereocenters. The van der Waals surface area contributed by atoms with E-state index in [1.807, 2.05) is 24.3 Å². The van der Waals surface area contributed by atoms with Crippen LogP contribution in [0.25, 0.3) is 32.7 Å². The molecule has 7 heteroatoms. The Labute approximate surface area is 174 Å². The summed E-state index contributed by atoms with van der Waals surface area (Å²) in [4.78, 5) is 22.3.